The van der Waals surface area contributed by atoms with E-state index in [2.05, 4.69) is 6.92 Å². The van der Waals surface area contributed by atoms with Gasteiger partial charge in [0.1, 0.15) is 5.75 Å². The summed E-state index contributed by atoms with van der Waals surface area (Å²) >= 11 is 6.19. The smallest absolute Gasteiger partial charge is 0.303 e. The minimum absolute atomic E-state index is 0.165. The molecule has 3 nitrogen and oxygen atoms in total. The molecule has 0 heterocycles. The Labute approximate surface area is 119 Å². The topological polar surface area (TPSA) is 46.5 Å². The molecular formula is C15H21ClO3. The van der Waals surface area contributed by atoms with E-state index in [0.29, 0.717) is 24.5 Å². The summed E-state index contributed by atoms with van der Waals surface area (Å²) in [7, 11) is 0. The zero-order valence-electron chi connectivity index (χ0n) is 11.8. The molecule has 0 aliphatic rings. The van der Waals surface area contributed by atoms with Crippen LogP contribution in [0.25, 0.3) is 0 Å². The summed E-state index contributed by atoms with van der Waals surface area (Å²) in [6.07, 6.45) is 2.38. The fourth-order valence-electron chi connectivity index (χ4n) is 2.04. The Kier molecular flexibility index (Phi) is 6.16. The fraction of sp³-hybridized carbons (Fsp3) is 0.533. The van der Waals surface area contributed by atoms with E-state index >= 15 is 0 Å². The third kappa shape index (κ3) is 4.43. The van der Waals surface area contributed by atoms with Crippen molar-refractivity contribution in [3.8, 4) is 5.75 Å². The molecule has 0 fully saturated rings. The van der Waals surface area contributed by atoms with Gasteiger partial charge < -0.3 is 9.84 Å². The number of hydrogen-bond acceptors (Lipinski definition) is 2. The van der Waals surface area contributed by atoms with Crippen molar-refractivity contribution in [3.05, 3.63) is 27.8 Å². The van der Waals surface area contributed by atoms with Gasteiger partial charge in [-0.2, -0.15) is 0 Å². The van der Waals surface area contributed by atoms with Crippen molar-refractivity contribution in [1.29, 1.82) is 0 Å². The maximum absolute atomic E-state index is 10.6. The van der Waals surface area contributed by atoms with Crippen LogP contribution in [0.5, 0.6) is 5.75 Å². The summed E-state index contributed by atoms with van der Waals surface area (Å²) in [4.78, 5) is 10.6. The van der Waals surface area contributed by atoms with Crippen molar-refractivity contribution in [1.82, 2.24) is 0 Å². The molecule has 19 heavy (non-hydrogen) atoms. The fourth-order valence-corrected chi connectivity index (χ4v) is 2.32. The average Bonchev–Trinajstić information content (AvgIpc) is 2.34. The normalized spacial score (nSPS) is 10.5. The van der Waals surface area contributed by atoms with Crippen LogP contribution in [0.2, 0.25) is 5.02 Å². The van der Waals surface area contributed by atoms with Gasteiger partial charge in [-0.05, 0) is 55.9 Å². The van der Waals surface area contributed by atoms with Gasteiger partial charge in [0.25, 0.3) is 0 Å². The van der Waals surface area contributed by atoms with Gasteiger partial charge in [0.2, 0.25) is 0 Å². The Morgan fingerprint density at radius 3 is 2.68 bits per heavy atom. The quantitative estimate of drug-likeness (QED) is 0.818. The lowest BCUT2D eigenvalue weighted by Crippen LogP contribution is -2.05. The van der Waals surface area contributed by atoms with Crippen molar-refractivity contribution in [2.45, 2.75) is 46.5 Å². The lowest BCUT2D eigenvalue weighted by molar-refractivity contribution is -0.137. The van der Waals surface area contributed by atoms with Crippen molar-refractivity contribution in [3.63, 3.8) is 0 Å². The van der Waals surface area contributed by atoms with Crippen LogP contribution < -0.4 is 4.74 Å². The summed E-state index contributed by atoms with van der Waals surface area (Å²) in [5.41, 5.74) is 3.04. The van der Waals surface area contributed by atoms with Crippen LogP contribution in [0.4, 0.5) is 0 Å². The van der Waals surface area contributed by atoms with Crippen LogP contribution in [0.15, 0.2) is 6.07 Å². The van der Waals surface area contributed by atoms with E-state index < -0.39 is 5.97 Å². The molecule has 0 aromatic heterocycles. The Hall–Kier alpha value is -1.22. The van der Waals surface area contributed by atoms with Gasteiger partial charge in [0.15, 0.2) is 0 Å². The lowest BCUT2D eigenvalue weighted by atomic mass is 9.98. The molecular weight excluding hydrogens is 264 g/mol. The van der Waals surface area contributed by atoms with E-state index in [0.717, 1.165) is 28.9 Å². The SMILES string of the molecule is CCCOc1c(C)cc(Cl)c(C)c1CCCC(=O)O. The molecule has 0 bridgehead atoms. The molecule has 0 spiro atoms. The summed E-state index contributed by atoms with van der Waals surface area (Å²) in [5, 5.41) is 9.44. The Balaban J connectivity index is 2.99. The molecule has 0 radical (unpaired) electrons. The first kappa shape index (κ1) is 15.8. The second kappa shape index (κ2) is 7.39. The van der Waals surface area contributed by atoms with Gasteiger partial charge in [-0.15, -0.1) is 0 Å². The maximum Gasteiger partial charge on any atom is 0.303 e. The average molecular weight is 285 g/mol. The van der Waals surface area contributed by atoms with E-state index in [1.807, 2.05) is 19.9 Å². The van der Waals surface area contributed by atoms with E-state index in [1.54, 1.807) is 0 Å². The molecule has 4 heteroatoms. The van der Waals surface area contributed by atoms with Gasteiger partial charge in [0.05, 0.1) is 6.61 Å². The lowest BCUT2D eigenvalue weighted by Gasteiger charge is -2.17. The second-order valence-electron chi connectivity index (χ2n) is 4.70. The number of carbonyl (C=O) groups is 1. The highest BCUT2D eigenvalue weighted by Gasteiger charge is 2.14. The Morgan fingerprint density at radius 1 is 1.42 bits per heavy atom. The zero-order valence-corrected chi connectivity index (χ0v) is 12.5. The maximum atomic E-state index is 10.6. The molecule has 106 valence electrons. The number of aryl methyl sites for hydroxylation is 1. The second-order valence-corrected chi connectivity index (χ2v) is 5.11. The number of aliphatic carboxylic acids is 1. The summed E-state index contributed by atoms with van der Waals surface area (Å²) in [6.45, 7) is 6.64. The van der Waals surface area contributed by atoms with Crippen LogP contribution >= 0.6 is 11.6 Å². The van der Waals surface area contributed by atoms with E-state index in [4.69, 9.17) is 21.4 Å². The summed E-state index contributed by atoms with van der Waals surface area (Å²) < 4.78 is 5.80. The number of hydrogen-bond donors (Lipinski definition) is 1. The third-order valence-electron chi connectivity index (χ3n) is 3.05. The summed E-state index contributed by atoms with van der Waals surface area (Å²) in [6, 6.07) is 1.91. The highest BCUT2D eigenvalue weighted by Crippen LogP contribution is 2.33. The standard InChI is InChI=1S/C15H21ClO3/c1-4-8-19-15-10(2)9-13(16)11(3)12(15)6-5-7-14(17)18/h9H,4-8H2,1-3H3,(H,17,18). The number of ether oxygens (including phenoxy) is 1. The minimum atomic E-state index is -0.771. The molecule has 0 saturated heterocycles. The number of rotatable bonds is 7. The highest BCUT2D eigenvalue weighted by molar-refractivity contribution is 6.31. The van der Waals surface area contributed by atoms with Crippen LogP contribution in [-0.2, 0) is 11.2 Å². The van der Waals surface area contributed by atoms with Crippen LogP contribution in [0.1, 0.15) is 42.9 Å². The molecule has 1 aromatic rings. The van der Waals surface area contributed by atoms with Gasteiger partial charge in [-0.1, -0.05) is 18.5 Å². The molecule has 1 rings (SSSR count). The summed E-state index contributed by atoms with van der Waals surface area (Å²) in [5.74, 6) is 0.0987. The first-order valence-electron chi connectivity index (χ1n) is 6.60. The van der Waals surface area contributed by atoms with Gasteiger partial charge >= 0.3 is 5.97 Å². The predicted octanol–water partition coefficient (Wildman–Crippen LogP) is 4.15. The molecule has 0 atom stereocenters. The van der Waals surface area contributed by atoms with Crippen molar-refractivity contribution >= 4 is 17.6 Å². The number of halogens is 1. The Bertz CT molecular complexity index is 455. The molecule has 0 amide bonds. The molecule has 0 aliphatic heterocycles. The van der Waals surface area contributed by atoms with Crippen LogP contribution in [-0.4, -0.2) is 17.7 Å². The highest BCUT2D eigenvalue weighted by atomic mass is 35.5. The molecule has 1 N–H and O–H groups in total. The molecule has 0 aliphatic carbocycles. The number of carboxylic acids is 1. The zero-order chi connectivity index (χ0) is 14.4. The Morgan fingerprint density at radius 2 is 2.11 bits per heavy atom. The molecule has 0 saturated carbocycles. The van der Waals surface area contributed by atoms with Crippen molar-refractivity contribution in [2.75, 3.05) is 6.61 Å². The van der Waals surface area contributed by atoms with Crippen molar-refractivity contribution in [2.24, 2.45) is 0 Å². The first-order chi connectivity index (χ1) is 8.97. The molecule has 0 unspecified atom stereocenters. The number of carboxylic acid groups (broad SMARTS) is 1. The third-order valence-corrected chi connectivity index (χ3v) is 3.45. The van der Waals surface area contributed by atoms with Crippen molar-refractivity contribution < 1.29 is 14.6 Å². The largest absolute Gasteiger partial charge is 0.493 e. The monoisotopic (exact) mass is 284 g/mol. The van der Waals surface area contributed by atoms with Gasteiger partial charge in [0, 0.05) is 11.4 Å². The van der Waals surface area contributed by atoms with Gasteiger partial charge in [-0.3, -0.25) is 4.79 Å². The predicted molar refractivity (Wildman–Crippen MR) is 77.3 cm³/mol. The van der Waals surface area contributed by atoms with Crippen LogP contribution in [0, 0.1) is 13.8 Å². The van der Waals surface area contributed by atoms with Gasteiger partial charge in [-0.25, -0.2) is 0 Å². The van der Waals surface area contributed by atoms with Crippen LogP contribution in [0.3, 0.4) is 0 Å². The minimum Gasteiger partial charge on any atom is -0.493 e. The first-order valence-corrected chi connectivity index (χ1v) is 6.98. The molecule has 1 aromatic carbocycles. The number of benzene rings is 1. The van der Waals surface area contributed by atoms with E-state index in [1.165, 1.54) is 0 Å². The van der Waals surface area contributed by atoms with E-state index in [-0.39, 0.29) is 6.42 Å². The van der Waals surface area contributed by atoms with E-state index in [9.17, 15) is 4.79 Å².